The maximum atomic E-state index is 12.9. The minimum absolute atomic E-state index is 0.0920. The second kappa shape index (κ2) is 9.42. The fourth-order valence-electron chi connectivity index (χ4n) is 4.05. The quantitative estimate of drug-likeness (QED) is 0.310. The maximum absolute atomic E-state index is 12.9. The number of anilines is 1. The molecule has 12 heteroatoms. The summed E-state index contributed by atoms with van der Waals surface area (Å²) >= 11 is 1.52. The summed E-state index contributed by atoms with van der Waals surface area (Å²) in [5, 5.41) is 1.94. The van der Waals surface area contributed by atoms with Crippen LogP contribution in [0.5, 0.6) is 0 Å². The van der Waals surface area contributed by atoms with Crippen molar-refractivity contribution in [3.05, 3.63) is 59.7 Å². The largest absolute Gasteiger partial charge is 0.490 e. The van der Waals surface area contributed by atoms with Crippen LogP contribution in [-0.4, -0.2) is 57.1 Å². The van der Waals surface area contributed by atoms with E-state index in [2.05, 4.69) is 31.5 Å². The Labute approximate surface area is 218 Å². The molecule has 1 atom stereocenters. The van der Waals surface area contributed by atoms with Crippen molar-refractivity contribution in [2.24, 2.45) is 0 Å². The summed E-state index contributed by atoms with van der Waals surface area (Å²) in [6.07, 6.45) is -4.08. The summed E-state index contributed by atoms with van der Waals surface area (Å²) in [6.45, 7) is 0.0920. The van der Waals surface area contributed by atoms with E-state index < -0.39 is 23.7 Å². The summed E-state index contributed by atoms with van der Waals surface area (Å²) in [7, 11) is 1.40. The van der Waals surface area contributed by atoms with E-state index in [1.54, 1.807) is 24.3 Å². The number of nitrogen functional groups attached to an aromatic ring is 1. The zero-order valence-electron chi connectivity index (χ0n) is 19.7. The molecule has 1 saturated heterocycles. The summed E-state index contributed by atoms with van der Waals surface area (Å²) < 4.78 is 43.3. The van der Waals surface area contributed by atoms with Gasteiger partial charge in [-0.15, -0.1) is 11.3 Å². The first-order valence-electron chi connectivity index (χ1n) is 11.2. The Bertz CT molecular complexity index is 1630. The van der Waals surface area contributed by atoms with Crippen LogP contribution in [0.1, 0.15) is 12.0 Å². The highest BCUT2D eigenvalue weighted by Crippen LogP contribution is 2.35. The number of fused-ring (bicyclic) bond motifs is 1. The van der Waals surface area contributed by atoms with E-state index in [1.807, 2.05) is 23.6 Å². The minimum Gasteiger partial charge on any atom is -0.429 e. The van der Waals surface area contributed by atoms with E-state index >= 15 is 0 Å². The summed E-state index contributed by atoms with van der Waals surface area (Å²) in [6, 6.07) is 12.5. The van der Waals surface area contributed by atoms with Gasteiger partial charge in [0.25, 0.3) is 11.5 Å². The molecule has 1 aliphatic rings. The lowest BCUT2D eigenvalue weighted by Crippen LogP contribution is -2.45. The van der Waals surface area contributed by atoms with Gasteiger partial charge in [-0.3, -0.25) is 4.79 Å². The molecule has 0 saturated carbocycles. The fourth-order valence-corrected chi connectivity index (χ4v) is 4.79. The molecule has 0 bridgehead atoms. The molecule has 5 rings (SSSR count). The number of esters is 1. The topological polar surface area (TPSA) is 111 Å². The number of rotatable bonds is 3. The number of hydrogen-bond donors (Lipinski definition) is 1. The highest BCUT2D eigenvalue weighted by Gasteiger charge is 2.53. The van der Waals surface area contributed by atoms with Crippen molar-refractivity contribution in [1.82, 2.24) is 19.9 Å². The molecular weight excluding hydrogens is 519 g/mol. The van der Waals surface area contributed by atoms with Gasteiger partial charge in [0.2, 0.25) is 0 Å². The Morgan fingerprint density at radius 3 is 2.68 bits per heavy atom. The SMILES string of the molecule is CN1CC[C@](C#Cc2cccc(-c3cc(-c4cccs4)c4ncnc(N)c4n3)c2)(OC(=O)C(F)(F)F)C1=O. The monoisotopic (exact) mass is 537 g/mol. The number of nitrogens with zero attached hydrogens (tertiary/aromatic N) is 4. The first kappa shape index (κ1) is 25.2. The standard InChI is InChI=1S/C26H18F3N5O3S/c1-34-10-9-25(23(34)35,37-24(36)26(27,28)29)8-7-15-4-2-5-16(12-15)18-13-17(19-6-3-11-38-19)20-21(33-18)22(30)32-14-31-20/h2-6,11-14H,9-10H2,1H3,(H2,30,31,32)/t25-/m0/s1. The van der Waals surface area contributed by atoms with E-state index in [0.717, 1.165) is 10.4 Å². The molecule has 0 spiro atoms. The van der Waals surface area contributed by atoms with Crippen LogP contribution in [0.3, 0.4) is 0 Å². The molecule has 0 radical (unpaired) electrons. The number of ether oxygens (including phenoxy) is 1. The lowest BCUT2D eigenvalue weighted by atomic mass is 10.0. The van der Waals surface area contributed by atoms with Crippen molar-refractivity contribution in [1.29, 1.82) is 0 Å². The zero-order chi connectivity index (χ0) is 27.1. The zero-order valence-corrected chi connectivity index (χ0v) is 20.6. The number of pyridine rings is 1. The first-order valence-corrected chi connectivity index (χ1v) is 12.1. The van der Waals surface area contributed by atoms with Gasteiger partial charge in [0.1, 0.15) is 17.4 Å². The molecule has 0 unspecified atom stereocenters. The number of aromatic nitrogens is 3. The van der Waals surface area contributed by atoms with Crippen molar-refractivity contribution >= 4 is 40.1 Å². The number of carbonyl (C=O) groups excluding carboxylic acids is 2. The number of alkyl halides is 3. The number of halogens is 3. The second-order valence-corrected chi connectivity index (χ2v) is 9.46. The van der Waals surface area contributed by atoms with E-state index in [4.69, 9.17) is 5.73 Å². The molecule has 1 fully saturated rings. The smallest absolute Gasteiger partial charge is 0.429 e. The number of carbonyl (C=O) groups is 2. The normalized spacial score (nSPS) is 17.4. The van der Waals surface area contributed by atoms with Crippen LogP contribution >= 0.6 is 11.3 Å². The average molecular weight is 538 g/mol. The van der Waals surface area contributed by atoms with Gasteiger partial charge in [-0.2, -0.15) is 13.2 Å². The van der Waals surface area contributed by atoms with Crippen molar-refractivity contribution in [3.8, 4) is 33.5 Å². The maximum Gasteiger partial charge on any atom is 0.490 e. The van der Waals surface area contributed by atoms with E-state index in [-0.39, 0.29) is 18.8 Å². The van der Waals surface area contributed by atoms with Gasteiger partial charge in [-0.05, 0) is 35.6 Å². The Morgan fingerprint density at radius 1 is 1.18 bits per heavy atom. The van der Waals surface area contributed by atoms with Gasteiger partial charge in [0.05, 0.1) is 5.69 Å². The molecular formula is C26H18F3N5O3S. The van der Waals surface area contributed by atoms with Crippen LogP contribution < -0.4 is 5.73 Å². The average Bonchev–Trinajstić information content (AvgIpc) is 3.52. The van der Waals surface area contributed by atoms with Gasteiger partial charge < -0.3 is 15.4 Å². The van der Waals surface area contributed by atoms with E-state index in [0.29, 0.717) is 27.9 Å². The third kappa shape index (κ3) is 4.64. The molecule has 4 heterocycles. The highest BCUT2D eigenvalue weighted by atomic mass is 32.1. The second-order valence-electron chi connectivity index (χ2n) is 8.51. The predicted octanol–water partition coefficient (Wildman–Crippen LogP) is 4.06. The Hall–Kier alpha value is -4.50. The van der Waals surface area contributed by atoms with Gasteiger partial charge >= 0.3 is 12.1 Å². The number of benzene rings is 1. The van der Waals surface area contributed by atoms with E-state index in [1.165, 1.54) is 29.6 Å². The number of thiophene rings is 1. The Kier molecular flexibility index (Phi) is 6.24. The van der Waals surface area contributed by atoms with Crippen molar-refractivity contribution in [3.63, 3.8) is 0 Å². The van der Waals surface area contributed by atoms with Crippen LogP contribution in [0.2, 0.25) is 0 Å². The molecule has 3 aromatic heterocycles. The number of likely N-dealkylation sites (tertiary alicyclic amines) is 1. The van der Waals surface area contributed by atoms with Crippen molar-refractivity contribution in [2.75, 3.05) is 19.3 Å². The number of hydrogen-bond acceptors (Lipinski definition) is 8. The lowest BCUT2D eigenvalue weighted by Gasteiger charge is -2.22. The minimum atomic E-state index is -5.26. The molecule has 1 aromatic carbocycles. The van der Waals surface area contributed by atoms with Crippen molar-refractivity contribution in [2.45, 2.75) is 18.2 Å². The third-order valence-corrected chi connectivity index (χ3v) is 6.87. The van der Waals surface area contributed by atoms with Crippen LogP contribution in [0.15, 0.2) is 54.2 Å². The van der Waals surface area contributed by atoms with Crippen LogP contribution in [0.25, 0.3) is 32.7 Å². The van der Waals surface area contributed by atoms with Crippen LogP contribution in [-0.2, 0) is 14.3 Å². The molecule has 4 aromatic rings. The number of amides is 1. The van der Waals surface area contributed by atoms with Gasteiger partial charge in [-0.25, -0.2) is 19.7 Å². The van der Waals surface area contributed by atoms with Crippen LogP contribution in [0, 0.1) is 11.8 Å². The van der Waals surface area contributed by atoms with Crippen LogP contribution in [0.4, 0.5) is 19.0 Å². The molecule has 0 aliphatic carbocycles. The Morgan fingerprint density at radius 2 is 2.00 bits per heavy atom. The number of likely N-dealkylation sites (N-methyl/N-ethyl adjacent to an activating group) is 1. The molecule has 2 N–H and O–H groups in total. The summed E-state index contributed by atoms with van der Waals surface area (Å²) in [4.78, 5) is 39.4. The molecule has 8 nitrogen and oxygen atoms in total. The summed E-state index contributed by atoms with van der Waals surface area (Å²) in [5.74, 6) is 2.15. The first-order chi connectivity index (χ1) is 18.1. The predicted molar refractivity (Wildman–Crippen MR) is 135 cm³/mol. The molecule has 1 amide bonds. The van der Waals surface area contributed by atoms with E-state index in [9.17, 15) is 22.8 Å². The van der Waals surface area contributed by atoms with Gasteiger partial charge in [-0.1, -0.05) is 24.1 Å². The molecule has 1 aliphatic heterocycles. The summed E-state index contributed by atoms with van der Waals surface area (Å²) in [5.41, 5.74) is 7.24. The number of nitrogens with two attached hydrogens (primary N) is 1. The molecule has 38 heavy (non-hydrogen) atoms. The fraction of sp³-hybridized carbons (Fsp3) is 0.192. The highest BCUT2D eigenvalue weighted by molar-refractivity contribution is 7.13. The van der Waals surface area contributed by atoms with Gasteiger partial charge in [0, 0.05) is 41.6 Å². The van der Waals surface area contributed by atoms with Gasteiger partial charge in [0.15, 0.2) is 5.82 Å². The third-order valence-electron chi connectivity index (χ3n) is 5.96. The Balaban J connectivity index is 1.57. The lowest BCUT2D eigenvalue weighted by molar-refractivity contribution is -0.209. The van der Waals surface area contributed by atoms with Crippen molar-refractivity contribution < 1.29 is 27.5 Å². The molecule has 192 valence electrons.